The van der Waals surface area contributed by atoms with Gasteiger partial charge in [0.1, 0.15) is 22.8 Å². The average molecular weight is 469 g/mol. The number of hydrogen-bond donors (Lipinski definition) is 0. The van der Waals surface area contributed by atoms with Crippen molar-refractivity contribution in [1.82, 2.24) is 19.9 Å². The summed E-state index contributed by atoms with van der Waals surface area (Å²) in [5.74, 6) is 2.13. The van der Waals surface area contributed by atoms with Gasteiger partial charge in [0, 0.05) is 56.6 Å². The van der Waals surface area contributed by atoms with E-state index >= 15 is 0 Å². The molecule has 3 aromatic rings. The highest BCUT2D eigenvalue weighted by atomic mass is 32.1. The smallest absolute Gasteiger partial charge is 0.150 e. The van der Waals surface area contributed by atoms with Gasteiger partial charge in [0.2, 0.25) is 0 Å². The molecule has 3 aliphatic rings. The van der Waals surface area contributed by atoms with E-state index in [2.05, 4.69) is 35.5 Å². The van der Waals surface area contributed by atoms with Gasteiger partial charge >= 0.3 is 0 Å². The van der Waals surface area contributed by atoms with Crippen LogP contribution in [0.2, 0.25) is 0 Å². The average Bonchev–Trinajstić information content (AvgIpc) is 3.22. The molecule has 2 fully saturated rings. The molecule has 2 saturated heterocycles. The largest absolute Gasteiger partial charge is 0.378 e. The van der Waals surface area contributed by atoms with Crippen molar-refractivity contribution in [2.45, 2.75) is 39.4 Å². The second kappa shape index (κ2) is 8.30. The van der Waals surface area contributed by atoms with E-state index in [9.17, 15) is 0 Å². The van der Waals surface area contributed by atoms with Crippen molar-refractivity contribution in [2.75, 3.05) is 68.8 Å². The summed E-state index contributed by atoms with van der Waals surface area (Å²) in [4.78, 5) is 23.1. The van der Waals surface area contributed by atoms with E-state index in [-0.39, 0.29) is 5.60 Å². The van der Waals surface area contributed by atoms with Gasteiger partial charge < -0.3 is 24.2 Å². The van der Waals surface area contributed by atoms with Crippen molar-refractivity contribution in [3.8, 4) is 0 Å². The molecule has 3 aliphatic heterocycles. The summed E-state index contributed by atoms with van der Waals surface area (Å²) in [6.07, 6.45) is 2.60. The molecule has 8 nitrogen and oxygen atoms in total. The third-order valence-corrected chi connectivity index (χ3v) is 8.29. The van der Waals surface area contributed by atoms with Crippen LogP contribution < -0.4 is 9.80 Å². The number of ether oxygens (including phenoxy) is 2. The van der Waals surface area contributed by atoms with Gasteiger partial charge in [0.25, 0.3) is 0 Å². The van der Waals surface area contributed by atoms with Gasteiger partial charge in [0.15, 0.2) is 0 Å². The second-order valence-corrected chi connectivity index (χ2v) is 10.8. The number of pyridine rings is 1. The highest BCUT2D eigenvalue weighted by Gasteiger charge is 2.33. The Morgan fingerprint density at radius 3 is 2.48 bits per heavy atom. The van der Waals surface area contributed by atoms with Crippen LogP contribution in [0, 0.1) is 0 Å². The lowest BCUT2D eigenvalue weighted by Crippen LogP contribution is -2.46. The maximum Gasteiger partial charge on any atom is 0.150 e. The number of morpholine rings is 1. The number of anilines is 2. The molecule has 0 bridgehead atoms. The van der Waals surface area contributed by atoms with Crippen molar-refractivity contribution >= 4 is 43.4 Å². The van der Waals surface area contributed by atoms with E-state index in [4.69, 9.17) is 24.4 Å². The summed E-state index contributed by atoms with van der Waals surface area (Å²) >= 11 is 1.75. The summed E-state index contributed by atoms with van der Waals surface area (Å²) in [5, 5.41) is 1.20. The van der Waals surface area contributed by atoms with Crippen molar-refractivity contribution in [2.24, 2.45) is 0 Å². The summed E-state index contributed by atoms with van der Waals surface area (Å²) in [6, 6.07) is 0. The lowest BCUT2D eigenvalue weighted by molar-refractivity contribution is -0.0396. The molecule has 0 unspecified atom stereocenters. The maximum atomic E-state index is 6.26. The Morgan fingerprint density at radius 1 is 0.970 bits per heavy atom. The van der Waals surface area contributed by atoms with Gasteiger partial charge in [-0.25, -0.2) is 15.0 Å². The maximum absolute atomic E-state index is 6.26. The SMILES string of the molecule is CCN1CCN(c2ncnc3c2sc2nc(N4CCOCC4)c4c(c23)CC(C)(C)OC4)CC1. The number of aromatic nitrogens is 3. The van der Waals surface area contributed by atoms with E-state index in [1.807, 2.05) is 0 Å². The third-order valence-electron chi connectivity index (χ3n) is 7.22. The monoisotopic (exact) mass is 468 g/mol. The Morgan fingerprint density at radius 2 is 1.73 bits per heavy atom. The number of fused-ring (bicyclic) bond motifs is 5. The van der Waals surface area contributed by atoms with Gasteiger partial charge in [0.05, 0.1) is 35.6 Å². The van der Waals surface area contributed by atoms with Gasteiger partial charge in [-0.15, -0.1) is 11.3 Å². The third kappa shape index (κ3) is 3.75. The van der Waals surface area contributed by atoms with Crippen molar-refractivity contribution in [3.05, 3.63) is 17.5 Å². The van der Waals surface area contributed by atoms with E-state index in [1.165, 1.54) is 16.5 Å². The minimum absolute atomic E-state index is 0.204. The summed E-state index contributed by atoms with van der Waals surface area (Å²) in [6.45, 7) is 15.7. The van der Waals surface area contributed by atoms with Gasteiger partial charge in [-0.05, 0) is 26.0 Å². The molecular formula is C24H32N6O2S. The summed E-state index contributed by atoms with van der Waals surface area (Å²) in [7, 11) is 0. The standard InChI is InChI=1S/C24H32N6O2S/c1-4-28-5-7-29(8-6-28)22-20-19(25-15-26-22)18-16-13-24(2,3)32-14-17(16)21(27-23(18)33-20)30-9-11-31-12-10-30/h15H,4-14H2,1-3H3. The zero-order valence-corrected chi connectivity index (χ0v) is 20.6. The Labute approximate surface area is 198 Å². The minimum Gasteiger partial charge on any atom is -0.378 e. The molecule has 0 radical (unpaired) electrons. The molecule has 176 valence electrons. The zero-order valence-electron chi connectivity index (χ0n) is 19.8. The van der Waals surface area contributed by atoms with Crippen LogP contribution in [-0.2, 0) is 22.5 Å². The number of rotatable bonds is 3. The summed E-state index contributed by atoms with van der Waals surface area (Å²) < 4.78 is 13.0. The van der Waals surface area contributed by atoms with Crippen LogP contribution in [0.4, 0.5) is 11.6 Å². The predicted octanol–water partition coefficient (Wildman–Crippen LogP) is 3.07. The topological polar surface area (TPSA) is 66.9 Å². The molecule has 0 atom stereocenters. The number of thiophene rings is 1. The minimum atomic E-state index is -0.204. The number of hydrogen-bond acceptors (Lipinski definition) is 9. The molecular weight excluding hydrogens is 436 g/mol. The molecule has 0 aromatic carbocycles. The molecule has 3 aromatic heterocycles. The second-order valence-electron chi connectivity index (χ2n) is 9.80. The quantitative estimate of drug-likeness (QED) is 0.581. The fraction of sp³-hybridized carbons (Fsp3) is 0.625. The van der Waals surface area contributed by atoms with Crippen LogP contribution in [0.25, 0.3) is 20.4 Å². The number of nitrogens with zero attached hydrogens (tertiary/aromatic N) is 6. The van der Waals surface area contributed by atoms with Crippen molar-refractivity contribution < 1.29 is 9.47 Å². The van der Waals surface area contributed by atoms with Crippen molar-refractivity contribution in [3.63, 3.8) is 0 Å². The first-order valence-electron chi connectivity index (χ1n) is 12.1. The van der Waals surface area contributed by atoms with E-state index in [0.717, 1.165) is 92.1 Å². The lowest BCUT2D eigenvalue weighted by Gasteiger charge is -2.36. The van der Waals surface area contributed by atoms with E-state index in [1.54, 1.807) is 17.7 Å². The Kier molecular flexibility index (Phi) is 5.40. The fourth-order valence-electron chi connectivity index (χ4n) is 5.31. The highest BCUT2D eigenvalue weighted by Crippen LogP contribution is 2.44. The molecule has 6 rings (SSSR count). The van der Waals surface area contributed by atoms with E-state index in [0.29, 0.717) is 6.61 Å². The first-order valence-corrected chi connectivity index (χ1v) is 12.9. The van der Waals surface area contributed by atoms with Crippen LogP contribution in [0.1, 0.15) is 31.9 Å². The van der Waals surface area contributed by atoms with Crippen molar-refractivity contribution in [1.29, 1.82) is 0 Å². The number of likely N-dealkylation sites (N-methyl/N-ethyl adjacent to an activating group) is 1. The molecule has 33 heavy (non-hydrogen) atoms. The van der Waals surface area contributed by atoms with Gasteiger partial charge in [-0.3, -0.25) is 0 Å². The molecule has 0 aliphatic carbocycles. The number of piperazine rings is 1. The molecule has 0 amide bonds. The fourth-order valence-corrected chi connectivity index (χ4v) is 6.49. The van der Waals surface area contributed by atoms with Gasteiger partial charge in [-0.2, -0.15) is 0 Å². The van der Waals surface area contributed by atoms with E-state index < -0.39 is 0 Å². The first kappa shape index (κ1) is 21.5. The van der Waals surface area contributed by atoms with Gasteiger partial charge in [-0.1, -0.05) is 6.92 Å². The van der Waals surface area contributed by atoms with Crippen LogP contribution in [0.5, 0.6) is 0 Å². The Bertz CT molecular complexity index is 1180. The summed E-state index contributed by atoms with van der Waals surface area (Å²) in [5.41, 5.74) is 3.42. The molecule has 0 spiro atoms. The Hall–Kier alpha value is -2.07. The van der Waals surface area contributed by atoms with Crippen LogP contribution >= 0.6 is 11.3 Å². The lowest BCUT2D eigenvalue weighted by atomic mass is 9.90. The highest BCUT2D eigenvalue weighted by molar-refractivity contribution is 7.26. The van der Waals surface area contributed by atoms with Crippen LogP contribution in [-0.4, -0.2) is 84.5 Å². The predicted molar refractivity (Wildman–Crippen MR) is 133 cm³/mol. The zero-order chi connectivity index (χ0) is 22.6. The van der Waals surface area contributed by atoms with Crippen LogP contribution in [0.15, 0.2) is 6.33 Å². The molecule has 0 saturated carbocycles. The Balaban J connectivity index is 1.52. The van der Waals surface area contributed by atoms with Crippen LogP contribution in [0.3, 0.4) is 0 Å². The molecule has 6 heterocycles. The molecule has 9 heteroatoms. The normalized spacial score (nSPS) is 21.7. The first-order chi connectivity index (χ1) is 16.0. The molecule has 0 N–H and O–H groups in total.